The van der Waals surface area contributed by atoms with Crippen LogP contribution in [0.3, 0.4) is 0 Å². The zero-order valence-electron chi connectivity index (χ0n) is 23.9. The van der Waals surface area contributed by atoms with Crippen molar-refractivity contribution in [3.8, 4) is 11.1 Å². The lowest BCUT2D eigenvalue weighted by atomic mass is 9.92. The largest absolute Gasteiger partial charge is 0.460 e. The number of benzene rings is 3. The maximum Gasteiger partial charge on any atom is 0.416 e. The normalized spacial score (nSPS) is 15.9. The van der Waals surface area contributed by atoms with Gasteiger partial charge in [-0.25, -0.2) is 9.69 Å². The summed E-state index contributed by atoms with van der Waals surface area (Å²) in [7, 11) is 0. The predicted octanol–water partition coefficient (Wildman–Crippen LogP) is 6.92. The lowest BCUT2D eigenvalue weighted by Gasteiger charge is -2.26. The molecule has 0 radical (unpaired) electrons. The summed E-state index contributed by atoms with van der Waals surface area (Å²) < 4.78 is 10.8. The molecule has 1 saturated heterocycles. The van der Waals surface area contributed by atoms with E-state index in [1.807, 2.05) is 48.5 Å². The van der Waals surface area contributed by atoms with Crippen LogP contribution in [0.15, 0.2) is 78.9 Å². The summed E-state index contributed by atoms with van der Waals surface area (Å²) in [4.78, 5) is 40.5. The van der Waals surface area contributed by atoms with E-state index in [0.717, 1.165) is 12.0 Å². The number of carbonyl (C=O) groups is 3. The van der Waals surface area contributed by atoms with E-state index >= 15 is 0 Å². The molecule has 2 unspecified atom stereocenters. The summed E-state index contributed by atoms with van der Waals surface area (Å²) in [5, 5.41) is 0. The van der Waals surface area contributed by atoms with Crippen molar-refractivity contribution >= 4 is 18.0 Å². The highest BCUT2D eigenvalue weighted by molar-refractivity contribution is 5.96. The topological polar surface area (TPSA) is 72.9 Å². The van der Waals surface area contributed by atoms with Crippen molar-refractivity contribution in [1.82, 2.24) is 4.90 Å². The Morgan fingerprint density at radius 2 is 1.65 bits per heavy atom. The third-order valence-corrected chi connectivity index (χ3v) is 7.09. The van der Waals surface area contributed by atoms with Crippen LogP contribution in [0.4, 0.5) is 4.79 Å². The molecule has 1 aliphatic rings. The monoisotopic (exact) mass is 541 g/mol. The number of rotatable bonds is 10. The Morgan fingerprint density at radius 3 is 2.30 bits per heavy atom. The van der Waals surface area contributed by atoms with Crippen molar-refractivity contribution in [2.45, 2.75) is 71.4 Å². The predicted molar refractivity (Wildman–Crippen MR) is 156 cm³/mol. The number of imide groups is 1. The molecule has 40 heavy (non-hydrogen) atoms. The molecule has 1 heterocycles. The van der Waals surface area contributed by atoms with E-state index in [0.29, 0.717) is 19.3 Å². The smallest absolute Gasteiger partial charge is 0.416 e. The fourth-order valence-electron chi connectivity index (χ4n) is 5.24. The molecule has 1 fully saturated rings. The molecule has 0 saturated carbocycles. The Balaban J connectivity index is 1.46. The third-order valence-electron chi connectivity index (χ3n) is 7.09. The Morgan fingerprint density at radius 1 is 0.975 bits per heavy atom. The number of esters is 1. The van der Waals surface area contributed by atoms with Crippen LogP contribution in [-0.2, 0) is 31.9 Å². The highest BCUT2D eigenvalue weighted by Gasteiger charge is 2.41. The SMILES string of the molecule is Cc1cc(CCCC(CC(=O)OC(C)(C)C)C(=O)N2C(=O)OCC2Cc2ccccc2)ccc1-c1ccccc1. The van der Waals surface area contributed by atoms with Crippen LogP contribution in [0.25, 0.3) is 11.1 Å². The van der Waals surface area contributed by atoms with Crippen molar-refractivity contribution in [2.75, 3.05) is 6.61 Å². The summed E-state index contributed by atoms with van der Waals surface area (Å²) in [6.07, 6.45) is 1.68. The number of hydrogen-bond donors (Lipinski definition) is 0. The van der Waals surface area contributed by atoms with E-state index in [2.05, 4.69) is 37.3 Å². The standard InChI is InChI=1S/C34H39NO5/c1-24-20-26(18-19-30(24)27-15-9-6-10-16-27)14-11-17-28(22-31(36)40-34(2,3)4)32(37)35-29(23-39-33(35)38)21-25-12-7-5-8-13-25/h5-10,12-13,15-16,18-20,28-29H,11,14,17,21-23H2,1-4H3. The lowest BCUT2D eigenvalue weighted by molar-refractivity contribution is -0.158. The second-order valence-corrected chi connectivity index (χ2v) is 11.5. The molecule has 4 rings (SSSR count). The van der Waals surface area contributed by atoms with Crippen molar-refractivity contribution in [2.24, 2.45) is 5.92 Å². The Kier molecular flexibility index (Phi) is 9.41. The molecule has 2 atom stereocenters. The van der Waals surface area contributed by atoms with E-state index in [-0.39, 0.29) is 18.9 Å². The number of aryl methyl sites for hydroxylation is 2. The Labute approximate surface area is 237 Å². The second kappa shape index (κ2) is 12.9. The van der Waals surface area contributed by atoms with Gasteiger partial charge in [0.15, 0.2) is 0 Å². The molecule has 3 aromatic rings. The molecule has 0 spiro atoms. The summed E-state index contributed by atoms with van der Waals surface area (Å²) in [5.41, 5.74) is 5.08. The van der Waals surface area contributed by atoms with Crippen molar-refractivity contribution in [3.05, 3.63) is 95.6 Å². The summed E-state index contributed by atoms with van der Waals surface area (Å²) in [6.45, 7) is 7.66. The van der Waals surface area contributed by atoms with Crippen LogP contribution in [0.1, 0.15) is 56.7 Å². The van der Waals surface area contributed by atoms with E-state index < -0.39 is 29.6 Å². The highest BCUT2D eigenvalue weighted by Crippen LogP contribution is 2.27. The van der Waals surface area contributed by atoms with Crippen molar-refractivity contribution in [1.29, 1.82) is 0 Å². The molecule has 0 bridgehead atoms. The van der Waals surface area contributed by atoms with Gasteiger partial charge in [0.2, 0.25) is 5.91 Å². The first-order valence-electron chi connectivity index (χ1n) is 14.0. The lowest BCUT2D eigenvalue weighted by Crippen LogP contribution is -2.44. The maximum atomic E-state index is 13.8. The van der Waals surface area contributed by atoms with Gasteiger partial charge >= 0.3 is 12.1 Å². The van der Waals surface area contributed by atoms with Crippen LogP contribution in [0.5, 0.6) is 0 Å². The zero-order valence-corrected chi connectivity index (χ0v) is 23.9. The van der Waals surface area contributed by atoms with Gasteiger partial charge in [0, 0.05) is 5.92 Å². The first kappa shape index (κ1) is 29.1. The minimum Gasteiger partial charge on any atom is -0.460 e. The molecule has 6 nitrogen and oxygen atoms in total. The quantitative estimate of drug-likeness (QED) is 0.261. The molecular formula is C34H39NO5. The van der Waals surface area contributed by atoms with E-state index in [9.17, 15) is 14.4 Å². The van der Waals surface area contributed by atoms with Gasteiger partial charge in [-0.05, 0) is 81.2 Å². The van der Waals surface area contributed by atoms with Gasteiger partial charge < -0.3 is 9.47 Å². The fraction of sp³-hybridized carbons (Fsp3) is 0.382. The molecule has 2 amide bonds. The van der Waals surface area contributed by atoms with Crippen LogP contribution in [0, 0.1) is 12.8 Å². The first-order valence-corrected chi connectivity index (χ1v) is 14.0. The molecule has 0 N–H and O–H groups in total. The van der Waals surface area contributed by atoms with Crippen molar-refractivity contribution in [3.63, 3.8) is 0 Å². The zero-order chi connectivity index (χ0) is 28.7. The highest BCUT2D eigenvalue weighted by atomic mass is 16.6. The third kappa shape index (κ3) is 7.81. The van der Waals surface area contributed by atoms with Crippen molar-refractivity contribution < 1.29 is 23.9 Å². The van der Waals surface area contributed by atoms with Gasteiger partial charge in [-0.2, -0.15) is 0 Å². The van der Waals surface area contributed by atoms with Crippen LogP contribution in [-0.4, -0.2) is 41.1 Å². The number of ether oxygens (including phenoxy) is 2. The minimum atomic E-state index is -0.677. The fourth-order valence-corrected chi connectivity index (χ4v) is 5.24. The van der Waals surface area contributed by atoms with Crippen LogP contribution in [0.2, 0.25) is 0 Å². The molecule has 1 aliphatic heterocycles. The molecule has 0 aromatic heterocycles. The number of amides is 2. The van der Waals surface area contributed by atoms with Gasteiger partial charge in [-0.3, -0.25) is 9.59 Å². The summed E-state index contributed by atoms with van der Waals surface area (Å²) in [6, 6.07) is 26.0. The van der Waals surface area contributed by atoms with E-state index in [1.54, 1.807) is 20.8 Å². The Hall–Kier alpha value is -3.93. The minimum absolute atomic E-state index is 0.0795. The maximum absolute atomic E-state index is 13.8. The molecule has 3 aromatic carbocycles. The number of carbonyl (C=O) groups excluding carboxylic acids is 3. The molecule has 0 aliphatic carbocycles. The number of nitrogens with zero attached hydrogens (tertiary/aromatic N) is 1. The van der Waals surface area contributed by atoms with Gasteiger partial charge in [-0.1, -0.05) is 78.9 Å². The first-order chi connectivity index (χ1) is 19.1. The molecular weight excluding hydrogens is 502 g/mol. The van der Waals surface area contributed by atoms with Gasteiger partial charge in [-0.15, -0.1) is 0 Å². The van der Waals surface area contributed by atoms with Gasteiger partial charge in [0.05, 0.1) is 12.5 Å². The van der Waals surface area contributed by atoms with Crippen LogP contribution >= 0.6 is 0 Å². The Bertz CT molecular complexity index is 1310. The van der Waals surface area contributed by atoms with E-state index in [4.69, 9.17) is 9.47 Å². The summed E-state index contributed by atoms with van der Waals surface area (Å²) in [5.74, 6) is -1.49. The number of hydrogen-bond acceptors (Lipinski definition) is 5. The van der Waals surface area contributed by atoms with Gasteiger partial charge in [0.25, 0.3) is 0 Å². The molecule has 6 heteroatoms. The number of cyclic esters (lactones) is 1. The van der Waals surface area contributed by atoms with Gasteiger partial charge in [0.1, 0.15) is 12.2 Å². The van der Waals surface area contributed by atoms with E-state index in [1.165, 1.54) is 27.2 Å². The summed E-state index contributed by atoms with van der Waals surface area (Å²) >= 11 is 0. The average molecular weight is 542 g/mol. The second-order valence-electron chi connectivity index (χ2n) is 11.5. The van der Waals surface area contributed by atoms with Crippen LogP contribution < -0.4 is 0 Å². The average Bonchev–Trinajstić information content (AvgIpc) is 3.27. The molecule has 210 valence electrons.